The number of carbonyl (C=O) groups is 2. The fraction of sp³-hybridized carbons (Fsp3) is 0.833. The van der Waals surface area contributed by atoms with E-state index >= 15 is 0 Å². The Morgan fingerprint density at radius 3 is 2.65 bits per heavy atom. The average Bonchev–Trinajstić information content (AvgIpc) is 3.08. The number of nitrogens with one attached hydrogen (secondary N) is 3. The van der Waals surface area contributed by atoms with Crippen molar-refractivity contribution in [2.75, 3.05) is 13.1 Å². The molecule has 0 heterocycles. The highest BCUT2D eigenvalue weighted by Gasteiger charge is 2.22. The molecule has 0 spiro atoms. The molecule has 1 unspecified atom stereocenters. The third-order valence-corrected chi connectivity index (χ3v) is 2.72. The molecule has 5 heteroatoms. The van der Waals surface area contributed by atoms with Gasteiger partial charge in [-0.3, -0.25) is 9.59 Å². The zero-order chi connectivity index (χ0) is 12.7. The van der Waals surface area contributed by atoms with E-state index in [1.54, 1.807) is 0 Å². The summed E-state index contributed by atoms with van der Waals surface area (Å²) >= 11 is 0. The molecule has 0 saturated heterocycles. The second-order valence-electron chi connectivity index (χ2n) is 4.52. The number of hydrogen-bond acceptors (Lipinski definition) is 3. The van der Waals surface area contributed by atoms with E-state index in [9.17, 15) is 9.59 Å². The lowest BCUT2D eigenvalue weighted by molar-refractivity contribution is -0.122. The molecule has 0 aromatic heterocycles. The lowest BCUT2D eigenvalue weighted by Crippen LogP contribution is -2.42. The highest BCUT2D eigenvalue weighted by molar-refractivity contribution is 5.81. The fourth-order valence-corrected chi connectivity index (χ4v) is 1.52. The third-order valence-electron chi connectivity index (χ3n) is 2.72. The van der Waals surface area contributed by atoms with Crippen LogP contribution in [-0.4, -0.2) is 37.0 Å². The van der Waals surface area contributed by atoms with Crippen LogP contribution in [0.1, 0.15) is 39.5 Å². The van der Waals surface area contributed by atoms with Crippen LogP contribution >= 0.6 is 0 Å². The molecular formula is C12H23N3O2. The van der Waals surface area contributed by atoms with Gasteiger partial charge in [-0.05, 0) is 39.7 Å². The van der Waals surface area contributed by atoms with Crippen LogP contribution in [0.2, 0.25) is 0 Å². The largest absolute Gasteiger partial charge is 0.355 e. The normalized spacial score (nSPS) is 16.4. The first kappa shape index (κ1) is 14.0. The molecule has 2 amide bonds. The second kappa shape index (κ2) is 7.27. The highest BCUT2D eigenvalue weighted by Crippen LogP contribution is 2.18. The van der Waals surface area contributed by atoms with Crippen molar-refractivity contribution >= 4 is 11.8 Å². The number of hydrogen-bond donors (Lipinski definition) is 3. The molecule has 0 radical (unpaired) electrons. The summed E-state index contributed by atoms with van der Waals surface area (Å²) in [5, 5.41) is 8.79. The zero-order valence-corrected chi connectivity index (χ0v) is 10.7. The van der Waals surface area contributed by atoms with Crippen LogP contribution in [0.15, 0.2) is 0 Å². The molecule has 0 aliphatic heterocycles. The molecule has 1 aliphatic rings. The molecule has 0 bridgehead atoms. The predicted molar refractivity (Wildman–Crippen MR) is 66.5 cm³/mol. The van der Waals surface area contributed by atoms with Gasteiger partial charge in [0.2, 0.25) is 11.8 Å². The Hall–Kier alpha value is -1.10. The monoisotopic (exact) mass is 241 g/mol. The number of likely N-dealkylation sites (N-methyl/N-ethyl adjacent to an activating group) is 1. The van der Waals surface area contributed by atoms with E-state index in [0.29, 0.717) is 25.6 Å². The van der Waals surface area contributed by atoms with Gasteiger partial charge in [-0.15, -0.1) is 0 Å². The van der Waals surface area contributed by atoms with Crippen molar-refractivity contribution in [3.63, 3.8) is 0 Å². The van der Waals surface area contributed by atoms with Crippen LogP contribution < -0.4 is 16.0 Å². The number of amides is 2. The first-order valence-electron chi connectivity index (χ1n) is 6.44. The number of carbonyl (C=O) groups excluding carboxylic acids is 2. The van der Waals surface area contributed by atoms with Gasteiger partial charge in [0, 0.05) is 19.0 Å². The molecule has 1 atom stereocenters. The summed E-state index contributed by atoms with van der Waals surface area (Å²) in [6, 6.07) is 0.242. The summed E-state index contributed by atoms with van der Waals surface area (Å²) < 4.78 is 0. The minimum absolute atomic E-state index is 0.00920. The lowest BCUT2D eigenvalue weighted by atomic mass is 10.2. The topological polar surface area (TPSA) is 70.2 Å². The molecule has 17 heavy (non-hydrogen) atoms. The maximum atomic E-state index is 11.4. The standard InChI is InChI=1S/C12H23N3O2/c1-3-13-12(17)9(2)14-8-4-5-11(16)15-10-6-7-10/h9-10,14H,3-8H2,1-2H3,(H,13,17)(H,15,16). The SMILES string of the molecule is CCNC(=O)C(C)NCCCC(=O)NC1CC1. The quantitative estimate of drug-likeness (QED) is 0.530. The van der Waals surface area contributed by atoms with Gasteiger partial charge in [0.15, 0.2) is 0 Å². The van der Waals surface area contributed by atoms with Crippen molar-refractivity contribution in [1.82, 2.24) is 16.0 Å². The van der Waals surface area contributed by atoms with E-state index in [0.717, 1.165) is 19.3 Å². The van der Waals surface area contributed by atoms with Crippen molar-refractivity contribution in [1.29, 1.82) is 0 Å². The highest BCUT2D eigenvalue weighted by atomic mass is 16.2. The summed E-state index contributed by atoms with van der Waals surface area (Å²) in [6.45, 7) is 5.06. The van der Waals surface area contributed by atoms with Crippen LogP contribution in [0.4, 0.5) is 0 Å². The molecule has 1 fully saturated rings. The van der Waals surface area contributed by atoms with E-state index in [4.69, 9.17) is 0 Å². The lowest BCUT2D eigenvalue weighted by Gasteiger charge is -2.12. The van der Waals surface area contributed by atoms with Gasteiger partial charge in [-0.2, -0.15) is 0 Å². The van der Waals surface area contributed by atoms with E-state index in [-0.39, 0.29) is 17.9 Å². The first-order valence-corrected chi connectivity index (χ1v) is 6.44. The van der Waals surface area contributed by atoms with Crippen molar-refractivity contribution in [3.8, 4) is 0 Å². The predicted octanol–water partition coefficient (Wildman–Crippen LogP) is 0.159. The first-order chi connectivity index (χ1) is 8.13. The maximum absolute atomic E-state index is 11.4. The van der Waals surface area contributed by atoms with Gasteiger partial charge >= 0.3 is 0 Å². The summed E-state index contributed by atoms with van der Waals surface area (Å²) in [5.74, 6) is 0.134. The molecule has 3 N–H and O–H groups in total. The van der Waals surface area contributed by atoms with Gasteiger partial charge in [0.05, 0.1) is 6.04 Å². The van der Waals surface area contributed by atoms with Gasteiger partial charge in [0.1, 0.15) is 0 Å². The van der Waals surface area contributed by atoms with E-state index in [1.807, 2.05) is 13.8 Å². The summed E-state index contributed by atoms with van der Waals surface area (Å²) in [5.41, 5.74) is 0. The minimum Gasteiger partial charge on any atom is -0.355 e. The molecule has 1 saturated carbocycles. The summed E-state index contributed by atoms with van der Waals surface area (Å²) in [4.78, 5) is 22.7. The van der Waals surface area contributed by atoms with Gasteiger partial charge in [-0.1, -0.05) is 0 Å². The van der Waals surface area contributed by atoms with Crippen LogP contribution in [0.25, 0.3) is 0 Å². The van der Waals surface area contributed by atoms with Crippen molar-refractivity contribution in [2.24, 2.45) is 0 Å². The van der Waals surface area contributed by atoms with Gasteiger partial charge < -0.3 is 16.0 Å². The molecule has 0 aromatic rings. The van der Waals surface area contributed by atoms with E-state index < -0.39 is 0 Å². The Morgan fingerprint density at radius 1 is 1.35 bits per heavy atom. The smallest absolute Gasteiger partial charge is 0.236 e. The number of rotatable bonds is 8. The third kappa shape index (κ3) is 6.26. The molecule has 1 aliphatic carbocycles. The summed E-state index contributed by atoms with van der Waals surface area (Å²) in [7, 11) is 0. The van der Waals surface area contributed by atoms with Crippen molar-refractivity contribution in [2.45, 2.75) is 51.6 Å². The van der Waals surface area contributed by atoms with Gasteiger partial charge in [0.25, 0.3) is 0 Å². The Bertz CT molecular complexity index is 264. The van der Waals surface area contributed by atoms with E-state index in [2.05, 4.69) is 16.0 Å². The van der Waals surface area contributed by atoms with Crippen molar-refractivity contribution < 1.29 is 9.59 Å². The van der Waals surface area contributed by atoms with E-state index in [1.165, 1.54) is 0 Å². The Balaban J connectivity index is 1.98. The molecule has 98 valence electrons. The van der Waals surface area contributed by atoms with Crippen molar-refractivity contribution in [3.05, 3.63) is 0 Å². The Kier molecular flexibility index (Phi) is 5.97. The van der Waals surface area contributed by atoms with Crippen LogP contribution in [-0.2, 0) is 9.59 Å². The van der Waals surface area contributed by atoms with Crippen LogP contribution in [0.3, 0.4) is 0 Å². The Morgan fingerprint density at radius 2 is 2.06 bits per heavy atom. The Labute approximate surface area is 103 Å². The second-order valence-corrected chi connectivity index (χ2v) is 4.52. The summed E-state index contributed by atoms with van der Waals surface area (Å²) in [6.07, 6.45) is 3.55. The molecule has 5 nitrogen and oxygen atoms in total. The maximum Gasteiger partial charge on any atom is 0.236 e. The zero-order valence-electron chi connectivity index (χ0n) is 10.7. The molecular weight excluding hydrogens is 218 g/mol. The fourth-order valence-electron chi connectivity index (χ4n) is 1.52. The average molecular weight is 241 g/mol. The minimum atomic E-state index is -0.193. The van der Waals surface area contributed by atoms with Crippen LogP contribution in [0, 0.1) is 0 Å². The molecule has 1 rings (SSSR count). The van der Waals surface area contributed by atoms with Crippen LogP contribution in [0.5, 0.6) is 0 Å². The van der Waals surface area contributed by atoms with Gasteiger partial charge in [-0.25, -0.2) is 0 Å². The molecule has 0 aromatic carbocycles.